The van der Waals surface area contributed by atoms with E-state index in [1.54, 1.807) is 0 Å². The molecule has 0 aliphatic heterocycles. The van der Waals surface area contributed by atoms with Crippen molar-refractivity contribution in [1.82, 2.24) is 0 Å². The van der Waals surface area contributed by atoms with Crippen LogP contribution in [-0.4, -0.2) is 0 Å². The van der Waals surface area contributed by atoms with Gasteiger partial charge in [-0.05, 0) is 97.9 Å². The lowest BCUT2D eigenvalue weighted by Gasteiger charge is -2.29. The third kappa shape index (κ3) is 5.12. The highest BCUT2D eigenvalue weighted by Gasteiger charge is 2.23. The zero-order valence-electron chi connectivity index (χ0n) is 28.4. The Morgan fingerprint density at radius 3 is 1.87 bits per heavy atom. The molecule has 0 aliphatic rings. The minimum absolute atomic E-state index is 0.872. The van der Waals surface area contributed by atoms with Gasteiger partial charge in [0.1, 0.15) is 11.2 Å². The Kier molecular flexibility index (Phi) is 7.18. The molecule has 244 valence electrons. The summed E-state index contributed by atoms with van der Waals surface area (Å²) in [6, 6.07) is 71.8. The summed E-state index contributed by atoms with van der Waals surface area (Å²) in [6.07, 6.45) is 0. The van der Waals surface area contributed by atoms with Gasteiger partial charge in [0.2, 0.25) is 0 Å². The maximum Gasteiger partial charge on any atom is 0.136 e. The van der Waals surface area contributed by atoms with E-state index in [9.17, 15) is 0 Å². The van der Waals surface area contributed by atoms with E-state index in [-0.39, 0.29) is 0 Å². The quantitative estimate of drug-likeness (QED) is 0.176. The maximum absolute atomic E-state index is 6.51. The number of anilines is 3. The topological polar surface area (TPSA) is 16.4 Å². The second-order valence-electron chi connectivity index (χ2n) is 13.3. The van der Waals surface area contributed by atoms with Gasteiger partial charge in [0, 0.05) is 27.7 Å². The van der Waals surface area contributed by atoms with Gasteiger partial charge in [0.05, 0.1) is 5.69 Å². The van der Waals surface area contributed by atoms with Crippen LogP contribution < -0.4 is 4.90 Å². The minimum Gasteiger partial charge on any atom is -0.456 e. The van der Waals surface area contributed by atoms with E-state index in [1.165, 1.54) is 43.8 Å². The van der Waals surface area contributed by atoms with Crippen LogP contribution in [0.1, 0.15) is 0 Å². The van der Waals surface area contributed by atoms with Crippen molar-refractivity contribution in [2.45, 2.75) is 0 Å². The maximum atomic E-state index is 6.51. The molecular weight excluding hydrogens is 631 g/mol. The molecule has 0 saturated carbocycles. The summed E-state index contributed by atoms with van der Waals surface area (Å²) in [6.45, 7) is 0. The molecule has 0 aliphatic carbocycles. The van der Waals surface area contributed by atoms with Crippen LogP contribution in [0.2, 0.25) is 0 Å². The first-order valence-electron chi connectivity index (χ1n) is 17.8. The molecule has 0 spiro atoms. The molecule has 0 amide bonds. The van der Waals surface area contributed by atoms with E-state index in [0.29, 0.717) is 0 Å². The molecule has 0 fully saturated rings. The number of hydrogen-bond donors (Lipinski definition) is 0. The molecule has 10 rings (SSSR count). The molecule has 1 heterocycles. The fourth-order valence-electron chi connectivity index (χ4n) is 7.78. The molecule has 10 aromatic rings. The van der Waals surface area contributed by atoms with E-state index in [0.717, 1.165) is 50.1 Å². The second-order valence-corrected chi connectivity index (χ2v) is 13.3. The number of benzene rings is 9. The molecule has 0 radical (unpaired) electrons. The number of fused-ring (bicyclic) bond motifs is 5. The molecule has 2 nitrogen and oxygen atoms in total. The highest BCUT2D eigenvalue weighted by Crippen LogP contribution is 2.48. The van der Waals surface area contributed by atoms with Gasteiger partial charge in [-0.3, -0.25) is 0 Å². The molecule has 2 heteroatoms. The Hall–Kier alpha value is -6.90. The third-order valence-electron chi connectivity index (χ3n) is 10.2. The highest BCUT2D eigenvalue weighted by atomic mass is 16.3. The number of nitrogens with zero attached hydrogens (tertiary/aromatic N) is 1. The number of para-hydroxylation sites is 1. The Bertz CT molecular complexity index is 2900. The van der Waals surface area contributed by atoms with Crippen molar-refractivity contribution in [3.8, 4) is 33.4 Å². The highest BCUT2D eigenvalue weighted by molar-refractivity contribution is 6.17. The van der Waals surface area contributed by atoms with Crippen LogP contribution in [-0.2, 0) is 0 Å². The van der Waals surface area contributed by atoms with Gasteiger partial charge in [-0.1, -0.05) is 152 Å². The van der Waals surface area contributed by atoms with Crippen LogP contribution in [0.4, 0.5) is 17.1 Å². The summed E-state index contributed by atoms with van der Waals surface area (Å²) in [5.74, 6) is 0. The molecule has 0 N–H and O–H groups in total. The summed E-state index contributed by atoms with van der Waals surface area (Å²) >= 11 is 0. The van der Waals surface area contributed by atoms with Crippen LogP contribution in [0.5, 0.6) is 0 Å². The van der Waals surface area contributed by atoms with Crippen molar-refractivity contribution in [2.75, 3.05) is 4.90 Å². The number of rotatable bonds is 6. The van der Waals surface area contributed by atoms with Crippen molar-refractivity contribution in [1.29, 1.82) is 0 Å². The van der Waals surface area contributed by atoms with Crippen molar-refractivity contribution < 1.29 is 4.42 Å². The van der Waals surface area contributed by atoms with Gasteiger partial charge < -0.3 is 9.32 Å². The first-order valence-corrected chi connectivity index (χ1v) is 17.8. The number of furan rings is 1. The standard InChI is InChI=1S/C50H33NO/c1-2-12-34(13-3-1)36-26-28-41(29-27-36)51(42-19-10-18-39(33-42)44-22-11-17-37-15-6-7-20-43(37)44)46-30-31-48-50(45-21-8-9-23-47(45)52-48)49(46)40-25-24-35-14-4-5-16-38(35)32-40/h1-33H. The van der Waals surface area contributed by atoms with E-state index in [4.69, 9.17) is 4.42 Å². The largest absolute Gasteiger partial charge is 0.456 e. The summed E-state index contributed by atoms with van der Waals surface area (Å²) in [4.78, 5) is 2.41. The number of hydrogen-bond acceptors (Lipinski definition) is 2. The average molecular weight is 664 g/mol. The Balaban J connectivity index is 1.25. The van der Waals surface area contributed by atoms with Crippen LogP contribution >= 0.6 is 0 Å². The van der Waals surface area contributed by atoms with Gasteiger partial charge >= 0.3 is 0 Å². The second kappa shape index (κ2) is 12.5. The predicted molar refractivity (Wildman–Crippen MR) is 220 cm³/mol. The molecule has 0 atom stereocenters. The van der Waals surface area contributed by atoms with Crippen molar-refractivity contribution in [3.63, 3.8) is 0 Å². The molecular formula is C50H33NO. The fourth-order valence-corrected chi connectivity index (χ4v) is 7.78. The average Bonchev–Trinajstić information content (AvgIpc) is 3.60. The van der Waals surface area contributed by atoms with Crippen LogP contribution in [0.3, 0.4) is 0 Å². The lowest BCUT2D eigenvalue weighted by atomic mass is 9.94. The van der Waals surface area contributed by atoms with Gasteiger partial charge in [0.15, 0.2) is 0 Å². The Labute approximate surface area is 302 Å². The van der Waals surface area contributed by atoms with Gasteiger partial charge in [-0.25, -0.2) is 0 Å². The first-order chi connectivity index (χ1) is 25.8. The van der Waals surface area contributed by atoms with Crippen molar-refractivity contribution in [3.05, 3.63) is 200 Å². The van der Waals surface area contributed by atoms with Crippen molar-refractivity contribution in [2.24, 2.45) is 0 Å². The Morgan fingerprint density at radius 1 is 0.346 bits per heavy atom. The van der Waals surface area contributed by atoms with Crippen LogP contribution in [0.15, 0.2) is 205 Å². The van der Waals surface area contributed by atoms with Crippen LogP contribution in [0.25, 0.3) is 76.9 Å². The van der Waals surface area contributed by atoms with Crippen LogP contribution in [0, 0.1) is 0 Å². The summed E-state index contributed by atoms with van der Waals surface area (Å²) in [5, 5.41) is 7.10. The zero-order chi connectivity index (χ0) is 34.4. The lowest BCUT2D eigenvalue weighted by molar-refractivity contribution is 0.669. The molecule has 0 saturated heterocycles. The normalized spacial score (nSPS) is 11.5. The van der Waals surface area contributed by atoms with Gasteiger partial charge in [0.25, 0.3) is 0 Å². The van der Waals surface area contributed by atoms with E-state index >= 15 is 0 Å². The molecule has 1 aromatic heterocycles. The summed E-state index contributed by atoms with van der Waals surface area (Å²) in [5.41, 5.74) is 12.0. The van der Waals surface area contributed by atoms with E-state index in [2.05, 4.69) is 199 Å². The van der Waals surface area contributed by atoms with Gasteiger partial charge in [-0.2, -0.15) is 0 Å². The van der Waals surface area contributed by atoms with Gasteiger partial charge in [-0.15, -0.1) is 0 Å². The molecule has 0 unspecified atom stereocenters. The fraction of sp³-hybridized carbons (Fsp3) is 0. The summed E-state index contributed by atoms with van der Waals surface area (Å²) < 4.78 is 6.51. The zero-order valence-corrected chi connectivity index (χ0v) is 28.4. The predicted octanol–water partition coefficient (Wildman–Crippen LogP) is 14.4. The molecule has 0 bridgehead atoms. The third-order valence-corrected chi connectivity index (χ3v) is 10.2. The Morgan fingerprint density at radius 2 is 1.00 bits per heavy atom. The van der Waals surface area contributed by atoms with Crippen molar-refractivity contribution >= 4 is 60.5 Å². The van der Waals surface area contributed by atoms with E-state index in [1.807, 2.05) is 6.07 Å². The molecule has 52 heavy (non-hydrogen) atoms. The monoisotopic (exact) mass is 663 g/mol. The first kappa shape index (κ1) is 30.0. The minimum atomic E-state index is 0.872. The van der Waals surface area contributed by atoms with E-state index < -0.39 is 0 Å². The lowest BCUT2D eigenvalue weighted by Crippen LogP contribution is -2.11. The smallest absolute Gasteiger partial charge is 0.136 e. The summed E-state index contributed by atoms with van der Waals surface area (Å²) in [7, 11) is 0. The SMILES string of the molecule is c1ccc(-c2ccc(N(c3cccc(-c4cccc5ccccc45)c3)c3ccc4oc5ccccc5c4c3-c3ccc4ccccc4c3)cc2)cc1. The molecule has 9 aromatic carbocycles.